The van der Waals surface area contributed by atoms with Gasteiger partial charge >= 0.3 is 0 Å². The molecule has 111 heavy (non-hydrogen) atoms. The third kappa shape index (κ3) is 21.4. The highest BCUT2D eigenvalue weighted by atomic mass is 16.8. The summed E-state index contributed by atoms with van der Waals surface area (Å²) >= 11 is 0. The molecule has 0 unspecified atom stereocenters. The minimum absolute atomic E-state index is 0.909. The molecule has 8 fully saturated rings. The van der Waals surface area contributed by atoms with Gasteiger partial charge in [-0.25, -0.2) is 0 Å². The molecular formula is C62H106N4O45. The van der Waals surface area contributed by atoms with Crippen molar-refractivity contribution in [2.24, 2.45) is 0 Å². The van der Waals surface area contributed by atoms with Gasteiger partial charge in [-0.15, -0.1) is 0 Å². The van der Waals surface area contributed by atoms with E-state index >= 15 is 0 Å². The molecular weight excluding hydrogens is 1520 g/mol. The number of amides is 4. The number of aliphatic hydroxyl groups excluding tert-OH is 25. The fraction of sp³-hybridized carbons (Fsp3) is 0.935. The van der Waals surface area contributed by atoms with Gasteiger partial charge in [0.05, 0.1) is 71.6 Å². The summed E-state index contributed by atoms with van der Waals surface area (Å²) in [5, 5.41) is 284. The van der Waals surface area contributed by atoms with Gasteiger partial charge in [0.25, 0.3) is 0 Å². The Balaban J connectivity index is 1.13. The van der Waals surface area contributed by atoms with Crippen LogP contribution in [0.25, 0.3) is 0 Å². The molecule has 0 spiro atoms. The van der Waals surface area contributed by atoms with Crippen molar-refractivity contribution >= 4 is 23.6 Å². The van der Waals surface area contributed by atoms with Crippen LogP contribution in [0.1, 0.15) is 34.6 Å². The number of nitrogens with one attached hydrogen (secondary N) is 4. The van der Waals surface area contributed by atoms with Crippen molar-refractivity contribution in [1.29, 1.82) is 0 Å². The molecule has 0 bridgehead atoms. The van der Waals surface area contributed by atoms with Gasteiger partial charge in [0.15, 0.2) is 50.3 Å². The van der Waals surface area contributed by atoms with Crippen molar-refractivity contribution < 1.29 is 223 Å². The van der Waals surface area contributed by atoms with Crippen molar-refractivity contribution in [2.75, 3.05) is 59.5 Å². The molecule has 44 atom stereocenters. The summed E-state index contributed by atoms with van der Waals surface area (Å²) < 4.78 is 94.4. The van der Waals surface area contributed by atoms with Crippen LogP contribution >= 0.6 is 0 Å². The Morgan fingerprint density at radius 1 is 0.333 bits per heavy atom. The van der Waals surface area contributed by atoms with Gasteiger partial charge in [-0.3, -0.25) is 19.2 Å². The molecule has 0 aromatic rings. The maximum atomic E-state index is 13.2. The molecule has 4 amide bonds. The van der Waals surface area contributed by atoms with Gasteiger partial charge in [-0.05, 0) is 6.92 Å². The first-order valence-corrected chi connectivity index (χ1v) is 35.4. The fourth-order valence-electron chi connectivity index (χ4n) is 13.9. The zero-order chi connectivity index (χ0) is 82.2. The summed E-state index contributed by atoms with van der Waals surface area (Å²) in [5.74, 6) is -3.81. The lowest BCUT2D eigenvalue weighted by atomic mass is 9.94. The number of ether oxygens (including phenoxy) is 16. The minimum Gasteiger partial charge on any atom is -0.394 e. The number of hydrogen-bond acceptors (Lipinski definition) is 45. The van der Waals surface area contributed by atoms with E-state index < -0.39 is 353 Å². The molecule has 8 aliphatic rings. The molecule has 0 saturated carbocycles. The lowest BCUT2D eigenvalue weighted by Gasteiger charge is -2.50. The maximum Gasteiger partial charge on any atom is 0.217 e. The van der Waals surface area contributed by atoms with Gasteiger partial charge in [0.1, 0.15) is 207 Å². The second-order valence-corrected chi connectivity index (χ2v) is 28.0. The second kappa shape index (κ2) is 41.1. The first-order chi connectivity index (χ1) is 52.4. The van der Waals surface area contributed by atoms with Crippen LogP contribution in [0.4, 0.5) is 0 Å². The molecule has 0 aliphatic carbocycles. The van der Waals surface area contributed by atoms with Crippen LogP contribution in [0.5, 0.6) is 0 Å². The summed E-state index contributed by atoms with van der Waals surface area (Å²) in [6.45, 7) is -4.90. The fourth-order valence-corrected chi connectivity index (χ4v) is 13.9. The Morgan fingerprint density at radius 2 is 0.685 bits per heavy atom. The zero-order valence-electron chi connectivity index (χ0n) is 60.1. The SMILES string of the molecule is CC(=O)N[C@H]1[C@H](OC[C@H]2O[C@@H](O[C@@H]([C@@H](O)[C@H](O)CO[C@@H]3O[C@H](CO)[C@@H](O[C@@H]4O[C@H](CO)[C@H](O)[C@H](O)[C@H]4O)[C@H](O[C@@H]4O[C@@H](C)[C@@H](O)[C@@H](O)[C@@H]4O)[C@H]3NC(C)=O)[C@H](CO)NC(C)=O)[C@H](O)[C@@H](O[C@@H]3O[C@H](CO)[C@@H](O[C@@H]4O[C@H](CO)[C@H](O)[C@H](O)[C@H]4O)[C@H](O)[C@H]3NC(C)=O)[C@H]2O)O[C@H](CO)[C@@H](O[C@@H]2O[C@H](CO)[C@H](O)[C@H](O)[C@H]2O)[C@@H]1O. The predicted molar refractivity (Wildman–Crippen MR) is 344 cm³/mol. The second-order valence-electron chi connectivity index (χ2n) is 28.0. The molecule has 0 aromatic carbocycles. The molecule has 49 nitrogen and oxygen atoms in total. The van der Waals surface area contributed by atoms with Crippen molar-refractivity contribution in [3.05, 3.63) is 0 Å². The van der Waals surface area contributed by atoms with Crippen LogP contribution in [-0.4, -0.2) is 481 Å². The summed E-state index contributed by atoms with van der Waals surface area (Å²) in [7, 11) is 0. The van der Waals surface area contributed by atoms with Crippen molar-refractivity contribution in [1.82, 2.24) is 21.3 Å². The van der Waals surface area contributed by atoms with Crippen LogP contribution in [0.15, 0.2) is 0 Å². The Hall–Kier alpha value is -3.76. The van der Waals surface area contributed by atoms with Gasteiger partial charge < -0.3 is 225 Å². The highest BCUT2D eigenvalue weighted by Crippen LogP contribution is 2.39. The average Bonchev–Trinajstić information content (AvgIpc) is 0.772. The molecule has 49 heteroatoms. The van der Waals surface area contributed by atoms with E-state index in [-0.39, 0.29) is 0 Å². The van der Waals surface area contributed by atoms with Crippen molar-refractivity contribution in [3.63, 3.8) is 0 Å². The molecule has 8 saturated heterocycles. The summed E-state index contributed by atoms with van der Waals surface area (Å²) in [5.41, 5.74) is 0. The molecule has 8 aliphatic heterocycles. The van der Waals surface area contributed by atoms with E-state index in [0.29, 0.717) is 0 Å². The summed E-state index contributed by atoms with van der Waals surface area (Å²) in [6.07, 6.45) is -81.3. The van der Waals surface area contributed by atoms with E-state index in [2.05, 4.69) is 21.3 Å². The molecule has 0 radical (unpaired) electrons. The Labute approximate surface area is 629 Å². The lowest BCUT2D eigenvalue weighted by Crippen LogP contribution is -2.70. The molecule has 8 heterocycles. The van der Waals surface area contributed by atoms with Crippen molar-refractivity contribution in [3.8, 4) is 0 Å². The van der Waals surface area contributed by atoms with E-state index in [9.17, 15) is 147 Å². The van der Waals surface area contributed by atoms with Crippen LogP contribution in [0.3, 0.4) is 0 Å². The maximum absolute atomic E-state index is 13.2. The molecule has 644 valence electrons. The first kappa shape index (κ1) is 92.7. The number of aliphatic hydroxyl groups is 25. The minimum atomic E-state index is -2.59. The van der Waals surface area contributed by atoms with Gasteiger partial charge in [-0.1, -0.05) is 0 Å². The normalized spacial score (nSPS) is 46.3. The third-order valence-corrected chi connectivity index (χ3v) is 20.0. The quantitative estimate of drug-likeness (QED) is 0.0297. The first-order valence-electron chi connectivity index (χ1n) is 35.4. The molecule has 8 rings (SSSR count). The monoisotopic (exact) mass is 1630 g/mol. The number of hydrogen-bond donors (Lipinski definition) is 29. The summed E-state index contributed by atoms with van der Waals surface area (Å²) in [6, 6.07) is -7.64. The smallest absolute Gasteiger partial charge is 0.217 e. The van der Waals surface area contributed by atoms with E-state index in [0.717, 1.165) is 27.7 Å². The lowest BCUT2D eigenvalue weighted by molar-refractivity contribution is -0.377. The van der Waals surface area contributed by atoms with Crippen molar-refractivity contribution in [2.45, 2.75) is 304 Å². The van der Waals surface area contributed by atoms with Crippen LogP contribution in [-0.2, 0) is 95.0 Å². The largest absolute Gasteiger partial charge is 0.394 e. The van der Waals surface area contributed by atoms with Gasteiger partial charge in [-0.2, -0.15) is 0 Å². The predicted octanol–water partition coefficient (Wildman–Crippen LogP) is -19.4. The van der Waals surface area contributed by atoms with Crippen LogP contribution < -0.4 is 21.3 Å². The topological polar surface area (TPSA) is 770 Å². The summed E-state index contributed by atoms with van der Waals surface area (Å²) in [4.78, 5) is 52.0. The molecule has 0 aromatic heterocycles. The van der Waals surface area contributed by atoms with Gasteiger partial charge in [0.2, 0.25) is 23.6 Å². The van der Waals surface area contributed by atoms with Crippen LogP contribution in [0.2, 0.25) is 0 Å². The third-order valence-electron chi connectivity index (χ3n) is 20.0. The number of rotatable bonds is 32. The number of carbonyl (C=O) groups excluding carboxylic acids is 4. The molecule has 29 N–H and O–H groups in total. The van der Waals surface area contributed by atoms with Crippen LogP contribution in [0, 0.1) is 0 Å². The highest BCUT2D eigenvalue weighted by Gasteiger charge is 2.60. The zero-order valence-corrected chi connectivity index (χ0v) is 60.1. The Bertz CT molecular complexity index is 2890. The van der Waals surface area contributed by atoms with E-state index in [1.165, 1.54) is 6.92 Å². The van der Waals surface area contributed by atoms with E-state index in [4.69, 9.17) is 75.8 Å². The van der Waals surface area contributed by atoms with E-state index in [1.54, 1.807) is 0 Å². The Kier molecular flexibility index (Phi) is 34.3. The standard InChI is InChI=1S/C62H106N4O45/c1-15-32(79)40(87)44(91)58(98-15)110-53-31(66-19(5)77)56(103-27(12-73)52(53)109-61-47(94)43(90)36(83)24(9-70)101-61)96-13-21(78)33(80)49(20(6-67)63-16(2)74)106-62-48(95)54(111-57-30(65-18(4)76)39(86)51(26(11-72)104-57)108-60-46(93)42(89)35(82)23(8-69)100-60)37(84)28(105-62)14-97-55-29(64-17(3)75)38(85)50(25(10-71)102-55)107-59-45(92)41(88)34(81)22(7-68)99-59/h15,20-62,67-73,78-95H,6-14H2,1-5H3,(H,63,74)(H,64,75)(H,65,76)(H,66,77)/t15-,20-,21+,22+,23+,24+,25+,26+,27+,28+,29+,30+,31+,32+,33-,34-,35-,36-,37-,38+,39+,40+,41-,42-,43-,44-,45+,46+,47+,48+,49+,50+,51+,52+,53+,54-,55+,56+,57-,58-,59-,60-,61-,62-/m0/s1. The van der Waals surface area contributed by atoms with E-state index in [1.807, 2.05) is 0 Å². The highest BCUT2D eigenvalue weighted by molar-refractivity contribution is 5.74. The Morgan fingerprint density at radius 3 is 1.11 bits per heavy atom. The number of carbonyl (C=O) groups is 4. The van der Waals surface area contributed by atoms with Gasteiger partial charge in [0, 0.05) is 27.7 Å². The average molecular weight is 1630 g/mol.